The van der Waals surface area contributed by atoms with Crippen LogP contribution in [0.3, 0.4) is 0 Å². The Morgan fingerprint density at radius 3 is 2.87 bits per heavy atom. The average Bonchev–Trinajstić information content (AvgIpc) is 2.27. The van der Waals surface area contributed by atoms with Crippen molar-refractivity contribution in [3.8, 4) is 0 Å². The van der Waals surface area contributed by atoms with Crippen LogP contribution in [0, 0.1) is 0 Å². The zero-order valence-corrected chi connectivity index (χ0v) is 9.77. The van der Waals surface area contributed by atoms with E-state index in [0.717, 1.165) is 0 Å². The minimum atomic E-state index is -0.0109. The molecule has 1 atom stereocenters. The lowest BCUT2D eigenvalue weighted by molar-refractivity contribution is -0.0140. The van der Waals surface area contributed by atoms with Crippen molar-refractivity contribution >= 4 is 6.03 Å². The maximum atomic E-state index is 12.0. The SMILES string of the molecule is CC(C)N(C)C(=O)N1CCOC(CN)C1. The summed E-state index contributed by atoms with van der Waals surface area (Å²) in [7, 11) is 1.82. The van der Waals surface area contributed by atoms with Crippen molar-refractivity contribution in [1.29, 1.82) is 0 Å². The first-order chi connectivity index (χ1) is 7.06. The smallest absolute Gasteiger partial charge is 0.320 e. The highest BCUT2D eigenvalue weighted by Gasteiger charge is 2.26. The average molecular weight is 215 g/mol. The number of hydrogen-bond acceptors (Lipinski definition) is 3. The number of nitrogens with two attached hydrogens (primary N) is 1. The number of carbonyl (C=O) groups excluding carboxylic acids is 1. The molecule has 15 heavy (non-hydrogen) atoms. The van der Waals surface area contributed by atoms with E-state index in [4.69, 9.17) is 10.5 Å². The number of urea groups is 1. The van der Waals surface area contributed by atoms with E-state index in [1.54, 1.807) is 9.80 Å². The molecule has 0 aliphatic carbocycles. The van der Waals surface area contributed by atoms with Crippen LogP contribution in [0.5, 0.6) is 0 Å². The van der Waals surface area contributed by atoms with Crippen LogP contribution >= 0.6 is 0 Å². The van der Waals surface area contributed by atoms with E-state index in [9.17, 15) is 4.79 Å². The normalized spacial score (nSPS) is 21.9. The van der Waals surface area contributed by atoms with E-state index in [2.05, 4.69) is 0 Å². The summed E-state index contributed by atoms with van der Waals surface area (Å²) in [6.45, 7) is 6.31. The van der Waals surface area contributed by atoms with Crippen LogP contribution in [-0.4, -0.2) is 61.3 Å². The standard InChI is InChI=1S/C10H21N3O2/c1-8(2)12(3)10(14)13-4-5-15-9(6-11)7-13/h8-9H,4-7,11H2,1-3H3. The van der Waals surface area contributed by atoms with Gasteiger partial charge in [-0.25, -0.2) is 4.79 Å². The summed E-state index contributed by atoms with van der Waals surface area (Å²) in [5.74, 6) is 0. The Bertz CT molecular complexity index is 221. The Hall–Kier alpha value is -0.810. The summed E-state index contributed by atoms with van der Waals surface area (Å²) < 4.78 is 5.41. The molecule has 5 heteroatoms. The van der Waals surface area contributed by atoms with Crippen molar-refractivity contribution in [2.75, 3.05) is 33.3 Å². The van der Waals surface area contributed by atoms with Gasteiger partial charge in [0, 0.05) is 32.7 Å². The summed E-state index contributed by atoms with van der Waals surface area (Å²) >= 11 is 0. The zero-order chi connectivity index (χ0) is 11.4. The Morgan fingerprint density at radius 2 is 2.33 bits per heavy atom. The van der Waals surface area contributed by atoms with Crippen LogP contribution in [0.25, 0.3) is 0 Å². The Labute approximate surface area is 91.2 Å². The van der Waals surface area contributed by atoms with Gasteiger partial charge in [0.05, 0.1) is 12.7 Å². The van der Waals surface area contributed by atoms with Gasteiger partial charge in [-0.2, -0.15) is 0 Å². The van der Waals surface area contributed by atoms with E-state index < -0.39 is 0 Å². The molecule has 1 aliphatic heterocycles. The molecule has 1 fully saturated rings. The molecule has 5 nitrogen and oxygen atoms in total. The molecule has 1 aliphatic rings. The van der Waals surface area contributed by atoms with Crippen LogP contribution in [0.2, 0.25) is 0 Å². The van der Waals surface area contributed by atoms with Gasteiger partial charge in [-0.1, -0.05) is 0 Å². The molecule has 0 aromatic heterocycles. The topological polar surface area (TPSA) is 58.8 Å². The fourth-order valence-corrected chi connectivity index (χ4v) is 1.48. The zero-order valence-electron chi connectivity index (χ0n) is 9.77. The molecule has 0 spiro atoms. The summed E-state index contributed by atoms with van der Waals surface area (Å²) in [6, 6.07) is 0.281. The first kappa shape index (κ1) is 12.3. The number of carbonyl (C=O) groups is 1. The van der Waals surface area contributed by atoms with E-state index >= 15 is 0 Å². The Morgan fingerprint density at radius 1 is 1.67 bits per heavy atom. The van der Waals surface area contributed by atoms with E-state index in [0.29, 0.717) is 26.2 Å². The number of ether oxygens (including phenoxy) is 1. The molecular formula is C10H21N3O2. The predicted octanol–water partition coefficient (Wildman–Crippen LogP) is 0.106. The maximum Gasteiger partial charge on any atom is 0.320 e. The van der Waals surface area contributed by atoms with E-state index in [1.807, 2.05) is 20.9 Å². The van der Waals surface area contributed by atoms with Gasteiger partial charge in [0.2, 0.25) is 0 Å². The number of rotatable bonds is 2. The molecule has 1 unspecified atom stereocenters. The highest BCUT2D eigenvalue weighted by atomic mass is 16.5. The number of hydrogen-bond donors (Lipinski definition) is 1. The van der Waals surface area contributed by atoms with Crippen molar-refractivity contribution in [2.24, 2.45) is 5.73 Å². The number of nitrogens with zero attached hydrogens (tertiary/aromatic N) is 2. The number of morpholine rings is 1. The van der Waals surface area contributed by atoms with Crippen LogP contribution in [0.1, 0.15) is 13.8 Å². The van der Waals surface area contributed by atoms with Crippen molar-refractivity contribution in [3.05, 3.63) is 0 Å². The lowest BCUT2D eigenvalue weighted by Gasteiger charge is -2.36. The first-order valence-corrected chi connectivity index (χ1v) is 5.39. The third-order valence-corrected chi connectivity index (χ3v) is 2.75. The monoisotopic (exact) mass is 215 g/mol. The summed E-state index contributed by atoms with van der Waals surface area (Å²) in [5, 5.41) is 0. The molecule has 0 radical (unpaired) electrons. The number of amides is 2. The Kier molecular flexibility index (Phi) is 4.35. The van der Waals surface area contributed by atoms with Gasteiger partial charge < -0.3 is 20.3 Å². The fraction of sp³-hybridized carbons (Fsp3) is 0.900. The maximum absolute atomic E-state index is 12.0. The van der Waals surface area contributed by atoms with Crippen LogP contribution in [0.4, 0.5) is 4.79 Å². The van der Waals surface area contributed by atoms with Crippen molar-refractivity contribution < 1.29 is 9.53 Å². The van der Waals surface area contributed by atoms with Gasteiger partial charge in [0.15, 0.2) is 0 Å². The van der Waals surface area contributed by atoms with Crippen LogP contribution < -0.4 is 5.73 Å². The molecule has 0 aromatic carbocycles. The molecule has 1 saturated heterocycles. The highest BCUT2D eigenvalue weighted by molar-refractivity contribution is 5.74. The largest absolute Gasteiger partial charge is 0.373 e. The molecule has 1 rings (SSSR count). The first-order valence-electron chi connectivity index (χ1n) is 5.39. The molecule has 0 saturated carbocycles. The van der Waals surface area contributed by atoms with Gasteiger partial charge in [-0.05, 0) is 13.8 Å². The van der Waals surface area contributed by atoms with E-state index in [-0.39, 0.29) is 18.2 Å². The molecule has 88 valence electrons. The second-order valence-corrected chi connectivity index (χ2v) is 4.16. The van der Waals surface area contributed by atoms with Gasteiger partial charge in [0.25, 0.3) is 0 Å². The minimum Gasteiger partial charge on any atom is -0.373 e. The quantitative estimate of drug-likeness (QED) is 0.711. The molecule has 0 aromatic rings. The molecule has 1 heterocycles. The third kappa shape index (κ3) is 3.07. The fourth-order valence-electron chi connectivity index (χ4n) is 1.48. The van der Waals surface area contributed by atoms with Crippen LogP contribution in [-0.2, 0) is 4.74 Å². The molecule has 2 N–H and O–H groups in total. The van der Waals surface area contributed by atoms with Crippen molar-refractivity contribution in [1.82, 2.24) is 9.80 Å². The molecule has 2 amide bonds. The van der Waals surface area contributed by atoms with Crippen molar-refractivity contribution in [3.63, 3.8) is 0 Å². The van der Waals surface area contributed by atoms with Crippen molar-refractivity contribution in [2.45, 2.75) is 26.0 Å². The van der Waals surface area contributed by atoms with E-state index in [1.165, 1.54) is 0 Å². The van der Waals surface area contributed by atoms with Gasteiger partial charge >= 0.3 is 6.03 Å². The summed E-state index contributed by atoms with van der Waals surface area (Å²) in [4.78, 5) is 15.5. The third-order valence-electron chi connectivity index (χ3n) is 2.75. The highest BCUT2D eigenvalue weighted by Crippen LogP contribution is 2.08. The Balaban J connectivity index is 2.52. The van der Waals surface area contributed by atoms with Crippen LogP contribution in [0.15, 0.2) is 0 Å². The van der Waals surface area contributed by atoms with Gasteiger partial charge in [-0.3, -0.25) is 0 Å². The second kappa shape index (κ2) is 5.32. The second-order valence-electron chi connectivity index (χ2n) is 4.16. The predicted molar refractivity (Wildman–Crippen MR) is 58.7 cm³/mol. The summed E-state index contributed by atoms with van der Waals surface area (Å²) in [6.07, 6.45) is -0.0109. The van der Waals surface area contributed by atoms with Gasteiger partial charge in [-0.15, -0.1) is 0 Å². The van der Waals surface area contributed by atoms with Gasteiger partial charge in [0.1, 0.15) is 0 Å². The lowest BCUT2D eigenvalue weighted by Crippen LogP contribution is -2.52. The minimum absolute atomic E-state index is 0.0109. The summed E-state index contributed by atoms with van der Waals surface area (Å²) in [5.41, 5.74) is 5.52. The molecular weight excluding hydrogens is 194 g/mol. The molecule has 0 bridgehead atoms. The lowest BCUT2D eigenvalue weighted by atomic mass is 10.2.